The number of nitrogens with zero attached hydrogens (tertiary/aromatic N) is 2. The minimum absolute atomic E-state index is 0.737. The molecule has 1 heterocycles. The second-order valence-electron chi connectivity index (χ2n) is 6.41. The first kappa shape index (κ1) is 11.9. The molecule has 3 nitrogen and oxygen atoms in total. The van der Waals surface area contributed by atoms with Gasteiger partial charge in [0.15, 0.2) is 0 Å². The summed E-state index contributed by atoms with van der Waals surface area (Å²) >= 11 is 0. The molecule has 0 amide bonds. The van der Waals surface area contributed by atoms with Crippen molar-refractivity contribution in [1.29, 1.82) is 0 Å². The third-order valence-corrected chi connectivity index (χ3v) is 5.08. The second-order valence-corrected chi connectivity index (χ2v) is 6.41. The molecule has 1 aliphatic heterocycles. The standard InChI is InChI=1S/C14H27N3/c1-11-10-17(8-7-16(11)2)14-6-3-12(14)9-15-13-4-5-13/h11-15H,3-10H2,1-2H3. The van der Waals surface area contributed by atoms with Gasteiger partial charge in [-0.3, -0.25) is 4.90 Å². The van der Waals surface area contributed by atoms with Crippen LogP contribution in [0.1, 0.15) is 32.6 Å². The van der Waals surface area contributed by atoms with Crippen LogP contribution < -0.4 is 5.32 Å². The van der Waals surface area contributed by atoms with Crippen LogP contribution in [0.25, 0.3) is 0 Å². The summed E-state index contributed by atoms with van der Waals surface area (Å²) in [5.41, 5.74) is 0. The fourth-order valence-electron chi connectivity index (χ4n) is 3.25. The zero-order valence-corrected chi connectivity index (χ0v) is 11.4. The zero-order chi connectivity index (χ0) is 11.8. The number of piperazine rings is 1. The van der Waals surface area contributed by atoms with Crippen LogP contribution in [0.3, 0.4) is 0 Å². The Labute approximate surface area is 106 Å². The number of hydrogen-bond donors (Lipinski definition) is 1. The summed E-state index contributed by atoms with van der Waals surface area (Å²) in [6.45, 7) is 7.45. The molecule has 0 radical (unpaired) electrons. The van der Waals surface area contributed by atoms with E-state index in [-0.39, 0.29) is 0 Å². The lowest BCUT2D eigenvalue weighted by Crippen LogP contribution is -2.59. The molecule has 2 saturated carbocycles. The molecule has 1 N–H and O–H groups in total. The molecule has 3 heteroatoms. The second kappa shape index (κ2) is 4.87. The highest BCUT2D eigenvalue weighted by Crippen LogP contribution is 2.33. The summed E-state index contributed by atoms with van der Waals surface area (Å²) in [7, 11) is 2.26. The van der Waals surface area contributed by atoms with Crippen LogP contribution in [0.5, 0.6) is 0 Å². The SMILES string of the molecule is CC1CN(C2CCC2CNC2CC2)CCN1C. The summed E-state index contributed by atoms with van der Waals surface area (Å²) in [4.78, 5) is 5.25. The van der Waals surface area contributed by atoms with Crippen molar-refractivity contribution in [2.45, 2.75) is 50.7 Å². The lowest BCUT2D eigenvalue weighted by molar-refractivity contribution is 0.00650. The van der Waals surface area contributed by atoms with Crippen molar-refractivity contribution >= 4 is 0 Å². The van der Waals surface area contributed by atoms with Crippen LogP contribution in [0.4, 0.5) is 0 Å². The molecule has 0 spiro atoms. The van der Waals surface area contributed by atoms with Crippen LogP contribution in [0.15, 0.2) is 0 Å². The maximum absolute atomic E-state index is 3.71. The molecule has 2 aliphatic carbocycles. The molecular formula is C14H27N3. The monoisotopic (exact) mass is 237 g/mol. The fourth-order valence-corrected chi connectivity index (χ4v) is 3.25. The Bertz CT molecular complexity index is 264. The molecule has 0 aromatic carbocycles. The van der Waals surface area contributed by atoms with Gasteiger partial charge in [-0.05, 0) is 52.1 Å². The molecule has 0 aromatic heterocycles. The van der Waals surface area contributed by atoms with Crippen molar-refractivity contribution in [3.8, 4) is 0 Å². The summed E-state index contributed by atoms with van der Waals surface area (Å²) in [5.74, 6) is 0.936. The minimum atomic E-state index is 0.737. The molecule has 3 fully saturated rings. The first-order chi connectivity index (χ1) is 8.24. The number of likely N-dealkylation sites (N-methyl/N-ethyl adjacent to an activating group) is 1. The largest absolute Gasteiger partial charge is 0.314 e. The van der Waals surface area contributed by atoms with Crippen molar-refractivity contribution in [2.75, 3.05) is 33.2 Å². The Morgan fingerprint density at radius 3 is 2.53 bits per heavy atom. The highest BCUT2D eigenvalue weighted by molar-refractivity contribution is 4.94. The Morgan fingerprint density at radius 1 is 1.12 bits per heavy atom. The Hall–Kier alpha value is -0.120. The average Bonchev–Trinajstić information content (AvgIpc) is 3.06. The smallest absolute Gasteiger partial charge is 0.0192 e. The van der Waals surface area contributed by atoms with Crippen molar-refractivity contribution in [3.63, 3.8) is 0 Å². The number of rotatable bonds is 4. The van der Waals surface area contributed by atoms with E-state index in [9.17, 15) is 0 Å². The van der Waals surface area contributed by atoms with Gasteiger partial charge in [-0.1, -0.05) is 0 Å². The fraction of sp³-hybridized carbons (Fsp3) is 1.00. The third kappa shape index (κ3) is 2.67. The predicted octanol–water partition coefficient (Wildman–Crippen LogP) is 1.15. The molecule has 98 valence electrons. The summed E-state index contributed by atoms with van der Waals surface area (Å²) < 4.78 is 0. The molecule has 3 rings (SSSR count). The Kier molecular flexibility index (Phi) is 3.42. The van der Waals surface area contributed by atoms with Gasteiger partial charge in [0.25, 0.3) is 0 Å². The quantitative estimate of drug-likeness (QED) is 0.791. The molecular weight excluding hydrogens is 210 g/mol. The third-order valence-electron chi connectivity index (χ3n) is 5.08. The molecule has 3 aliphatic rings. The summed E-state index contributed by atoms with van der Waals surface area (Å²) in [6.07, 6.45) is 5.73. The van der Waals surface area contributed by atoms with Crippen LogP contribution in [0, 0.1) is 5.92 Å². The van der Waals surface area contributed by atoms with E-state index in [2.05, 4.69) is 29.1 Å². The van der Waals surface area contributed by atoms with Crippen molar-refractivity contribution in [3.05, 3.63) is 0 Å². The lowest BCUT2D eigenvalue weighted by atomic mass is 9.78. The van der Waals surface area contributed by atoms with Gasteiger partial charge in [0.05, 0.1) is 0 Å². The van der Waals surface area contributed by atoms with E-state index >= 15 is 0 Å². The molecule has 3 atom stereocenters. The summed E-state index contributed by atoms with van der Waals surface area (Å²) in [6, 6.07) is 2.50. The molecule has 0 aromatic rings. The zero-order valence-electron chi connectivity index (χ0n) is 11.4. The van der Waals surface area contributed by atoms with Crippen LogP contribution in [-0.4, -0.2) is 61.2 Å². The van der Waals surface area contributed by atoms with Gasteiger partial charge in [0, 0.05) is 37.8 Å². The lowest BCUT2D eigenvalue weighted by Gasteiger charge is -2.49. The Morgan fingerprint density at radius 2 is 1.94 bits per heavy atom. The van der Waals surface area contributed by atoms with Gasteiger partial charge < -0.3 is 10.2 Å². The van der Waals surface area contributed by atoms with Crippen LogP contribution in [0.2, 0.25) is 0 Å². The van der Waals surface area contributed by atoms with Gasteiger partial charge in [0.1, 0.15) is 0 Å². The van der Waals surface area contributed by atoms with Crippen molar-refractivity contribution in [1.82, 2.24) is 15.1 Å². The maximum atomic E-state index is 3.71. The average molecular weight is 237 g/mol. The molecule has 17 heavy (non-hydrogen) atoms. The predicted molar refractivity (Wildman–Crippen MR) is 71.2 cm³/mol. The number of hydrogen-bond acceptors (Lipinski definition) is 3. The first-order valence-corrected chi connectivity index (χ1v) is 7.41. The number of nitrogens with one attached hydrogen (secondary N) is 1. The normalized spacial score (nSPS) is 40.2. The maximum Gasteiger partial charge on any atom is 0.0192 e. The van der Waals surface area contributed by atoms with E-state index in [0.717, 1.165) is 24.0 Å². The van der Waals surface area contributed by atoms with Gasteiger partial charge in [-0.15, -0.1) is 0 Å². The van der Waals surface area contributed by atoms with Gasteiger partial charge in [0.2, 0.25) is 0 Å². The summed E-state index contributed by atoms with van der Waals surface area (Å²) in [5, 5.41) is 3.71. The van der Waals surface area contributed by atoms with E-state index in [1.165, 1.54) is 51.9 Å². The van der Waals surface area contributed by atoms with Crippen LogP contribution in [-0.2, 0) is 0 Å². The first-order valence-electron chi connectivity index (χ1n) is 7.41. The van der Waals surface area contributed by atoms with Crippen molar-refractivity contribution in [2.24, 2.45) is 5.92 Å². The minimum Gasteiger partial charge on any atom is -0.314 e. The van der Waals surface area contributed by atoms with Gasteiger partial charge >= 0.3 is 0 Å². The highest BCUT2D eigenvalue weighted by atomic mass is 15.3. The molecule has 3 unspecified atom stereocenters. The molecule has 0 bridgehead atoms. The van der Waals surface area contributed by atoms with Crippen molar-refractivity contribution < 1.29 is 0 Å². The van der Waals surface area contributed by atoms with E-state index < -0.39 is 0 Å². The van der Waals surface area contributed by atoms with Crippen LogP contribution >= 0.6 is 0 Å². The van der Waals surface area contributed by atoms with E-state index in [1.807, 2.05) is 0 Å². The molecule has 1 saturated heterocycles. The van der Waals surface area contributed by atoms with E-state index in [1.54, 1.807) is 0 Å². The van der Waals surface area contributed by atoms with E-state index in [4.69, 9.17) is 0 Å². The van der Waals surface area contributed by atoms with Gasteiger partial charge in [-0.25, -0.2) is 0 Å². The highest BCUT2D eigenvalue weighted by Gasteiger charge is 2.38. The Balaban J connectivity index is 1.46. The topological polar surface area (TPSA) is 18.5 Å². The van der Waals surface area contributed by atoms with E-state index in [0.29, 0.717) is 0 Å². The van der Waals surface area contributed by atoms with Gasteiger partial charge in [-0.2, -0.15) is 0 Å².